The minimum atomic E-state index is 1.07. The fourth-order valence-corrected chi connectivity index (χ4v) is 0.499. The highest BCUT2D eigenvalue weighted by atomic mass is 13.9. The molecule has 11 heavy (non-hydrogen) atoms. The van der Waals surface area contributed by atoms with Crippen molar-refractivity contribution < 1.29 is 0 Å². The summed E-state index contributed by atoms with van der Waals surface area (Å²) in [5.74, 6) is 0. The Kier molecular flexibility index (Phi) is 4.28. The van der Waals surface area contributed by atoms with E-state index in [0.29, 0.717) is 0 Å². The Labute approximate surface area is 69.6 Å². The third-order valence-corrected chi connectivity index (χ3v) is 1.40. The van der Waals surface area contributed by atoms with Crippen LogP contribution in [0.3, 0.4) is 0 Å². The molecule has 0 aromatic carbocycles. The van der Waals surface area contributed by atoms with Gasteiger partial charge < -0.3 is 0 Å². The first kappa shape index (κ1) is 9.96. The molecular formula is C11H16. The van der Waals surface area contributed by atoms with E-state index in [9.17, 15) is 0 Å². The van der Waals surface area contributed by atoms with E-state index < -0.39 is 0 Å². The van der Waals surface area contributed by atoms with E-state index in [0.717, 1.165) is 11.1 Å². The minimum absolute atomic E-state index is 1.07. The number of rotatable bonds is 3. The molecule has 0 aromatic rings. The van der Waals surface area contributed by atoms with Crippen molar-refractivity contribution in [3.8, 4) is 0 Å². The van der Waals surface area contributed by atoms with E-state index in [1.54, 1.807) is 0 Å². The number of hydrogen-bond donors (Lipinski definition) is 0. The topological polar surface area (TPSA) is 0 Å². The van der Waals surface area contributed by atoms with Gasteiger partial charge in [-0.05, 0) is 26.3 Å². The van der Waals surface area contributed by atoms with Crippen molar-refractivity contribution in [3.05, 3.63) is 48.1 Å². The molecule has 0 unspecified atom stereocenters. The zero-order valence-electron chi connectivity index (χ0n) is 7.65. The SMILES string of the molecule is C=C(C)C=CC=C(C)C(=C)C. The van der Waals surface area contributed by atoms with Gasteiger partial charge in [-0.25, -0.2) is 0 Å². The van der Waals surface area contributed by atoms with Gasteiger partial charge in [0.25, 0.3) is 0 Å². The van der Waals surface area contributed by atoms with Crippen molar-refractivity contribution >= 4 is 0 Å². The summed E-state index contributed by atoms with van der Waals surface area (Å²) >= 11 is 0. The molecule has 0 saturated carbocycles. The highest BCUT2D eigenvalue weighted by Crippen LogP contribution is 2.04. The van der Waals surface area contributed by atoms with E-state index in [1.165, 1.54) is 5.57 Å². The van der Waals surface area contributed by atoms with Crippen molar-refractivity contribution in [3.63, 3.8) is 0 Å². The Balaban J connectivity index is 4.13. The van der Waals surface area contributed by atoms with Crippen molar-refractivity contribution in [2.75, 3.05) is 0 Å². The molecule has 0 fully saturated rings. The molecule has 0 spiro atoms. The Morgan fingerprint density at radius 2 is 1.64 bits per heavy atom. The molecule has 0 aliphatic rings. The van der Waals surface area contributed by atoms with E-state index in [1.807, 2.05) is 39.0 Å². The van der Waals surface area contributed by atoms with Crippen LogP contribution in [0.25, 0.3) is 0 Å². The molecule has 0 aliphatic carbocycles. The van der Waals surface area contributed by atoms with Crippen LogP contribution < -0.4 is 0 Å². The van der Waals surface area contributed by atoms with E-state index in [2.05, 4.69) is 13.2 Å². The summed E-state index contributed by atoms with van der Waals surface area (Å²) in [6.07, 6.45) is 6.01. The Morgan fingerprint density at radius 1 is 1.09 bits per heavy atom. The molecule has 0 atom stereocenters. The van der Waals surface area contributed by atoms with Gasteiger partial charge in [-0.15, -0.1) is 0 Å². The zero-order chi connectivity index (χ0) is 8.85. The zero-order valence-corrected chi connectivity index (χ0v) is 7.65. The highest BCUT2D eigenvalue weighted by molar-refractivity contribution is 5.29. The van der Waals surface area contributed by atoms with Gasteiger partial charge in [0.1, 0.15) is 0 Å². The predicted molar refractivity (Wildman–Crippen MR) is 52.5 cm³/mol. The summed E-state index contributed by atoms with van der Waals surface area (Å²) in [5.41, 5.74) is 3.38. The Bertz CT molecular complexity index is 214. The summed E-state index contributed by atoms with van der Waals surface area (Å²) in [6.45, 7) is 13.6. The average Bonchev–Trinajstić information content (AvgIpc) is 1.86. The van der Waals surface area contributed by atoms with Gasteiger partial charge in [0.2, 0.25) is 0 Å². The van der Waals surface area contributed by atoms with Gasteiger partial charge in [0.15, 0.2) is 0 Å². The molecule has 0 aliphatic heterocycles. The maximum Gasteiger partial charge on any atom is -0.0395 e. The Morgan fingerprint density at radius 3 is 2.00 bits per heavy atom. The molecule has 0 saturated heterocycles. The largest absolute Gasteiger partial charge is 0.0961 e. The number of hydrogen-bond acceptors (Lipinski definition) is 0. The minimum Gasteiger partial charge on any atom is -0.0961 e. The van der Waals surface area contributed by atoms with Gasteiger partial charge >= 0.3 is 0 Å². The lowest BCUT2D eigenvalue weighted by molar-refractivity contribution is 1.36. The Hall–Kier alpha value is -1.04. The maximum absolute atomic E-state index is 3.83. The van der Waals surface area contributed by atoms with Gasteiger partial charge in [-0.3, -0.25) is 0 Å². The second-order valence-electron chi connectivity index (χ2n) is 2.84. The van der Waals surface area contributed by atoms with Crippen LogP contribution in [0.4, 0.5) is 0 Å². The van der Waals surface area contributed by atoms with Crippen LogP contribution in [0.2, 0.25) is 0 Å². The smallest absolute Gasteiger partial charge is 0.0395 e. The van der Waals surface area contributed by atoms with Crippen LogP contribution in [0.15, 0.2) is 48.1 Å². The standard InChI is InChI=1S/C11H16/c1-9(2)7-6-8-11(5)10(3)4/h6-8H,1,3H2,2,4-5H3. The molecule has 0 N–H and O–H groups in total. The lowest BCUT2D eigenvalue weighted by atomic mass is 10.1. The fourth-order valence-electron chi connectivity index (χ4n) is 0.499. The van der Waals surface area contributed by atoms with Gasteiger partial charge in [0.05, 0.1) is 0 Å². The lowest BCUT2D eigenvalue weighted by Gasteiger charge is -1.94. The van der Waals surface area contributed by atoms with E-state index >= 15 is 0 Å². The maximum atomic E-state index is 3.83. The van der Waals surface area contributed by atoms with Crippen LogP contribution in [-0.4, -0.2) is 0 Å². The monoisotopic (exact) mass is 148 g/mol. The van der Waals surface area contributed by atoms with E-state index in [-0.39, 0.29) is 0 Å². The van der Waals surface area contributed by atoms with Crippen LogP contribution in [0.5, 0.6) is 0 Å². The molecule has 0 aromatic heterocycles. The van der Waals surface area contributed by atoms with Crippen molar-refractivity contribution in [1.29, 1.82) is 0 Å². The molecule has 0 radical (unpaired) electrons. The fraction of sp³-hybridized carbons (Fsp3) is 0.273. The molecule has 60 valence electrons. The van der Waals surface area contributed by atoms with Crippen LogP contribution >= 0.6 is 0 Å². The first-order valence-corrected chi connectivity index (χ1v) is 3.70. The van der Waals surface area contributed by atoms with Crippen molar-refractivity contribution in [2.24, 2.45) is 0 Å². The highest BCUT2D eigenvalue weighted by Gasteiger charge is 1.84. The summed E-state index contributed by atoms with van der Waals surface area (Å²) in [5, 5.41) is 0. The van der Waals surface area contributed by atoms with Crippen molar-refractivity contribution in [2.45, 2.75) is 20.8 Å². The molecule has 0 amide bonds. The molecule has 0 bridgehead atoms. The summed E-state index contributed by atoms with van der Waals surface area (Å²) in [6, 6.07) is 0. The first-order valence-electron chi connectivity index (χ1n) is 3.70. The third kappa shape index (κ3) is 5.41. The normalized spacial score (nSPS) is 12.1. The van der Waals surface area contributed by atoms with Crippen LogP contribution in [0, 0.1) is 0 Å². The van der Waals surface area contributed by atoms with Crippen LogP contribution in [0.1, 0.15) is 20.8 Å². The molecular weight excluding hydrogens is 132 g/mol. The first-order chi connectivity index (χ1) is 5.04. The second-order valence-corrected chi connectivity index (χ2v) is 2.84. The molecule has 0 heteroatoms. The molecule has 0 nitrogen and oxygen atoms in total. The second kappa shape index (κ2) is 4.73. The lowest BCUT2D eigenvalue weighted by Crippen LogP contribution is -1.73. The van der Waals surface area contributed by atoms with Crippen LogP contribution in [-0.2, 0) is 0 Å². The number of allylic oxidation sites excluding steroid dienone is 6. The summed E-state index contributed by atoms with van der Waals surface area (Å²) in [4.78, 5) is 0. The quantitative estimate of drug-likeness (QED) is 0.536. The van der Waals surface area contributed by atoms with Gasteiger partial charge in [0, 0.05) is 0 Å². The predicted octanol–water partition coefficient (Wildman–Crippen LogP) is 3.64. The van der Waals surface area contributed by atoms with E-state index in [4.69, 9.17) is 0 Å². The van der Waals surface area contributed by atoms with Gasteiger partial charge in [-0.1, -0.05) is 42.5 Å². The average molecular weight is 148 g/mol. The molecule has 0 rings (SSSR count). The third-order valence-electron chi connectivity index (χ3n) is 1.40. The molecule has 0 heterocycles. The van der Waals surface area contributed by atoms with Crippen molar-refractivity contribution in [1.82, 2.24) is 0 Å². The summed E-state index contributed by atoms with van der Waals surface area (Å²) < 4.78 is 0. The van der Waals surface area contributed by atoms with Gasteiger partial charge in [-0.2, -0.15) is 0 Å². The summed E-state index contributed by atoms with van der Waals surface area (Å²) in [7, 11) is 0.